The molecule has 0 saturated carbocycles. The summed E-state index contributed by atoms with van der Waals surface area (Å²) in [6, 6.07) is 0. The topological polar surface area (TPSA) is 0 Å². The van der Waals surface area contributed by atoms with Crippen molar-refractivity contribution >= 4 is 44.1 Å². The molecular weight excluding hydrogens is 259 g/mol. The second-order valence-electron chi connectivity index (χ2n) is 1.94. The molecule has 0 N–H and O–H groups in total. The Morgan fingerprint density at radius 3 is 2.25 bits per heavy atom. The second kappa shape index (κ2) is 2.97. The summed E-state index contributed by atoms with van der Waals surface area (Å²) in [4.78, 5) is 0. The molecule has 1 heterocycles. The van der Waals surface area contributed by atoms with Crippen molar-refractivity contribution in [1.29, 1.82) is 0 Å². The van der Waals surface area contributed by atoms with Crippen molar-refractivity contribution in [2.45, 2.75) is 26.1 Å². The van der Waals surface area contributed by atoms with Crippen molar-refractivity contribution in [3.05, 3.63) is 0 Å². The van der Waals surface area contributed by atoms with Gasteiger partial charge in [-0.2, -0.15) is 0 Å². The minimum absolute atomic E-state index is 0.0614. The molecule has 3 heteroatoms. The van der Waals surface area contributed by atoms with Crippen LogP contribution in [0.2, 0.25) is 4.47 Å². The normalized spacial score (nSPS) is 27.8. The Morgan fingerprint density at radius 2 is 2.00 bits per heavy atom. The van der Waals surface area contributed by atoms with Crippen LogP contribution in [0.3, 0.4) is 0 Å². The van der Waals surface area contributed by atoms with Gasteiger partial charge >= 0.3 is 70.2 Å². The van der Waals surface area contributed by atoms with Crippen LogP contribution in [0.25, 0.3) is 0 Å². The molecule has 1 aliphatic rings. The van der Waals surface area contributed by atoms with Gasteiger partial charge in [0.05, 0.1) is 0 Å². The Labute approximate surface area is 70.0 Å². The molecule has 0 nitrogen and oxygen atoms in total. The van der Waals surface area contributed by atoms with E-state index in [1.54, 1.807) is 0 Å². The van der Waals surface area contributed by atoms with Gasteiger partial charge in [-0.1, -0.05) is 0 Å². The van der Waals surface area contributed by atoms with Gasteiger partial charge in [-0.15, -0.1) is 0 Å². The van der Waals surface area contributed by atoms with E-state index in [1.165, 1.54) is 17.3 Å². The molecule has 48 valence electrons. The monoisotopic (exact) mass is 268 g/mol. The molecular formula is C5H8Cl2Te. The van der Waals surface area contributed by atoms with Crippen LogP contribution < -0.4 is 0 Å². The number of hydrogen-bond donors (Lipinski definition) is 0. The molecule has 0 bridgehead atoms. The van der Waals surface area contributed by atoms with E-state index in [2.05, 4.69) is 0 Å². The van der Waals surface area contributed by atoms with E-state index in [0.29, 0.717) is 0 Å². The molecule has 0 amide bonds. The first kappa shape index (κ1) is 7.48. The molecule has 0 aromatic heterocycles. The van der Waals surface area contributed by atoms with Gasteiger partial charge in [-0.25, -0.2) is 0 Å². The van der Waals surface area contributed by atoms with Gasteiger partial charge < -0.3 is 0 Å². The van der Waals surface area contributed by atoms with E-state index in [9.17, 15) is 0 Å². The van der Waals surface area contributed by atoms with Crippen LogP contribution in [0.15, 0.2) is 0 Å². The molecule has 0 aromatic carbocycles. The molecule has 0 aliphatic carbocycles. The van der Waals surface area contributed by atoms with E-state index in [0.717, 1.165) is 6.42 Å². The Morgan fingerprint density at radius 1 is 1.25 bits per heavy atom. The molecule has 0 unspecified atom stereocenters. The van der Waals surface area contributed by atoms with Gasteiger partial charge in [0.25, 0.3) is 0 Å². The molecule has 1 rings (SSSR count). The molecule has 0 radical (unpaired) electrons. The summed E-state index contributed by atoms with van der Waals surface area (Å²) in [6.07, 6.45) is 3.64. The minimum atomic E-state index is -0.247. The Bertz CT molecular complexity index is 74.5. The quantitative estimate of drug-likeness (QED) is 0.467. The summed E-state index contributed by atoms with van der Waals surface area (Å²) >= 11 is 11.7. The molecule has 1 fully saturated rings. The van der Waals surface area contributed by atoms with Crippen LogP contribution in [0.4, 0.5) is 0 Å². The first-order valence-electron chi connectivity index (χ1n) is 2.72. The van der Waals surface area contributed by atoms with Crippen molar-refractivity contribution in [3.63, 3.8) is 0 Å². The number of rotatable bonds is 0. The molecule has 0 atom stereocenters. The fourth-order valence-electron chi connectivity index (χ4n) is 0.727. The third kappa shape index (κ3) is 2.31. The van der Waals surface area contributed by atoms with Crippen LogP contribution in [0, 0.1) is 0 Å². The summed E-state index contributed by atoms with van der Waals surface area (Å²) < 4.78 is 1.08. The molecule has 0 spiro atoms. The molecule has 1 aliphatic heterocycles. The second-order valence-corrected chi connectivity index (χ2v) is 8.81. The van der Waals surface area contributed by atoms with Gasteiger partial charge in [0.2, 0.25) is 0 Å². The van der Waals surface area contributed by atoms with E-state index >= 15 is 0 Å². The number of halogens is 2. The van der Waals surface area contributed by atoms with Crippen molar-refractivity contribution in [2.24, 2.45) is 0 Å². The maximum atomic E-state index is 5.90. The number of alkyl halides is 2. The standard InChI is InChI=1S/C5H8Cl2Te/c6-5(7)3-1-2-4-8-5/h1-4H2. The van der Waals surface area contributed by atoms with Gasteiger partial charge in [0.1, 0.15) is 0 Å². The average Bonchev–Trinajstić information content (AvgIpc) is 1.65. The van der Waals surface area contributed by atoms with Crippen molar-refractivity contribution in [3.8, 4) is 0 Å². The first-order valence-corrected chi connectivity index (χ1v) is 6.29. The Hall–Kier alpha value is 1.37. The summed E-state index contributed by atoms with van der Waals surface area (Å²) in [5.74, 6) is 0. The molecule has 1 saturated heterocycles. The summed E-state index contributed by atoms with van der Waals surface area (Å²) in [7, 11) is 0. The van der Waals surface area contributed by atoms with E-state index in [4.69, 9.17) is 23.2 Å². The zero-order valence-corrected chi connectivity index (χ0v) is 8.33. The van der Waals surface area contributed by atoms with Crippen molar-refractivity contribution in [2.75, 3.05) is 0 Å². The van der Waals surface area contributed by atoms with Gasteiger partial charge in [0, 0.05) is 0 Å². The van der Waals surface area contributed by atoms with Gasteiger partial charge in [-0.05, 0) is 0 Å². The van der Waals surface area contributed by atoms with E-state index < -0.39 is 0 Å². The van der Waals surface area contributed by atoms with Crippen molar-refractivity contribution in [1.82, 2.24) is 0 Å². The van der Waals surface area contributed by atoms with E-state index in [1.807, 2.05) is 0 Å². The first-order chi connectivity index (χ1) is 3.71. The van der Waals surface area contributed by atoms with Gasteiger partial charge in [0.15, 0.2) is 0 Å². The maximum absolute atomic E-state index is 5.90. The fourth-order valence-corrected chi connectivity index (χ4v) is 4.70. The van der Waals surface area contributed by atoms with Crippen LogP contribution >= 0.6 is 23.2 Å². The Kier molecular flexibility index (Phi) is 2.78. The van der Waals surface area contributed by atoms with Crippen molar-refractivity contribution < 1.29 is 0 Å². The third-order valence-corrected chi connectivity index (χ3v) is 6.21. The van der Waals surface area contributed by atoms with E-state index in [-0.39, 0.29) is 23.3 Å². The van der Waals surface area contributed by atoms with Crippen LogP contribution in [0.5, 0.6) is 0 Å². The molecule has 8 heavy (non-hydrogen) atoms. The summed E-state index contributed by atoms with van der Waals surface area (Å²) in [5, 5.41) is 0. The molecule has 0 aromatic rings. The van der Waals surface area contributed by atoms with Gasteiger partial charge in [-0.3, -0.25) is 0 Å². The van der Waals surface area contributed by atoms with Crippen LogP contribution in [0.1, 0.15) is 19.3 Å². The van der Waals surface area contributed by atoms with Crippen LogP contribution in [-0.4, -0.2) is 23.3 Å². The Balaban J connectivity index is 2.33. The number of hydrogen-bond acceptors (Lipinski definition) is 0. The predicted octanol–water partition coefficient (Wildman–Crippen LogP) is 2.42. The summed E-state index contributed by atoms with van der Waals surface area (Å²) in [5.41, 5.74) is 0. The zero-order valence-electron chi connectivity index (χ0n) is 4.49. The average molecular weight is 267 g/mol. The van der Waals surface area contributed by atoms with Crippen LogP contribution in [-0.2, 0) is 0 Å². The predicted molar refractivity (Wildman–Crippen MR) is 38.8 cm³/mol. The zero-order chi connectivity index (χ0) is 6.04. The third-order valence-electron chi connectivity index (χ3n) is 1.18. The SMILES string of the molecule is ClC1(Cl)CCCC[Te]1. The fraction of sp³-hybridized carbons (Fsp3) is 1.00. The summed E-state index contributed by atoms with van der Waals surface area (Å²) in [6.45, 7) is 0.